The smallest absolute Gasteiger partial charge is 0.350 e. The SMILES string of the molecule is Cc1ccc(CN(C)C(=O)COC(=O)c2sc(-c3ccccc3)nc2C)c(C)c1. The van der Waals surface area contributed by atoms with E-state index in [4.69, 9.17) is 4.74 Å². The molecule has 1 aromatic heterocycles. The summed E-state index contributed by atoms with van der Waals surface area (Å²) in [6, 6.07) is 15.8. The number of amides is 1. The van der Waals surface area contributed by atoms with Crippen molar-refractivity contribution in [3.8, 4) is 10.6 Å². The summed E-state index contributed by atoms with van der Waals surface area (Å²) in [4.78, 5) is 31.3. The lowest BCUT2D eigenvalue weighted by molar-refractivity contribution is -0.133. The van der Waals surface area contributed by atoms with E-state index in [1.165, 1.54) is 16.9 Å². The van der Waals surface area contributed by atoms with Gasteiger partial charge in [0.1, 0.15) is 9.88 Å². The highest BCUT2D eigenvalue weighted by molar-refractivity contribution is 7.17. The van der Waals surface area contributed by atoms with Gasteiger partial charge in [0.25, 0.3) is 5.91 Å². The second-order valence-corrected chi connectivity index (χ2v) is 8.05. The number of hydrogen-bond donors (Lipinski definition) is 0. The number of nitrogens with zero attached hydrogens (tertiary/aromatic N) is 2. The van der Waals surface area contributed by atoms with Gasteiger partial charge in [-0.25, -0.2) is 9.78 Å². The highest BCUT2D eigenvalue weighted by atomic mass is 32.1. The van der Waals surface area contributed by atoms with Crippen molar-refractivity contribution in [1.82, 2.24) is 9.88 Å². The number of benzene rings is 2. The normalized spacial score (nSPS) is 10.6. The van der Waals surface area contributed by atoms with Gasteiger partial charge >= 0.3 is 5.97 Å². The molecule has 0 saturated heterocycles. The molecule has 150 valence electrons. The maximum atomic E-state index is 12.5. The third-order valence-corrected chi connectivity index (χ3v) is 5.85. The van der Waals surface area contributed by atoms with Crippen molar-refractivity contribution < 1.29 is 14.3 Å². The third-order valence-electron chi connectivity index (χ3n) is 4.66. The number of aryl methyl sites for hydroxylation is 3. The summed E-state index contributed by atoms with van der Waals surface area (Å²) in [5.74, 6) is -0.765. The molecule has 0 saturated carbocycles. The minimum atomic E-state index is -0.518. The van der Waals surface area contributed by atoms with Crippen LogP contribution in [0.15, 0.2) is 48.5 Å². The van der Waals surface area contributed by atoms with Crippen molar-refractivity contribution >= 4 is 23.2 Å². The Hall–Kier alpha value is -2.99. The number of ether oxygens (including phenoxy) is 1. The summed E-state index contributed by atoms with van der Waals surface area (Å²) < 4.78 is 5.27. The molecule has 2 aromatic carbocycles. The number of likely N-dealkylation sites (N-methyl/N-ethyl adjacent to an activating group) is 1. The number of rotatable bonds is 6. The third kappa shape index (κ3) is 5.09. The minimum Gasteiger partial charge on any atom is -0.451 e. The van der Waals surface area contributed by atoms with Crippen LogP contribution in [0.5, 0.6) is 0 Å². The molecule has 5 nitrogen and oxygen atoms in total. The molecule has 0 aliphatic carbocycles. The molecule has 0 aliphatic rings. The van der Waals surface area contributed by atoms with E-state index in [9.17, 15) is 9.59 Å². The van der Waals surface area contributed by atoms with Crippen molar-refractivity contribution in [2.45, 2.75) is 27.3 Å². The maximum absolute atomic E-state index is 12.5. The molecule has 29 heavy (non-hydrogen) atoms. The van der Waals surface area contributed by atoms with Crippen molar-refractivity contribution in [2.24, 2.45) is 0 Å². The molecular weight excluding hydrogens is 384 g/mol. The predicted octanol–water partition coefficient (Wildman–Crippen LogP) is 4.55. The molecule has 0 bridgehead atoms. The molecule has 0 aliphatic heterocycles. The minimum absolute atomic E-state index is 0.247. The van der Waals surface area contributed by atoms with E-state index in [0.717, 1.165) is 21.7 Å². The van der Waals surface area contributed by atoms with Crippen molar-refractivity contribution in [3.05, 3.63) is 75.8 Å². The zero-order chi connectivity index (χ0) is 21.0. The second kappa shape index (κ2) is 9.01. The van der Waals surface area contributed by atoms with Crippen LogP contribution in [0.2, 0.25) is 0 Å². The largest absolute Gasteiger partial charge is 0.451 e. The second-order valence-electron chi connectivity index (χ2n) is 7.06. The van der Waals surface area contributed by atoms with Crippen LogP contribution in [-0.4, -0.2) is 35.4 Å². The first-order valence-electron chi connectivity index (χ1n) is 9.35. The van der Waals surface area contributed by atoms with Crippen molar-refractivity contribution in [2.75, 3.05) is 13.7 Å². The number of thiazole rings is 1. The first-order chi connectivity index (χ1) is 13.8. The van der Waals surface area contributed by atoms with E-state index in [1.807, 2.05) is 56.3 Å². The molecular formula is C23H24N2O3S. The molecule has 6 heteroatoms. The Bertz CT molecular complexity index is 1030. The lowest BCUT2D eigenvalue weighted by Gasteiger charge is -2.18. The average Bonchev–Trinajstić information content (AvgIpc) is 3.10. The van der Waals surface area contributed by atoms with Gasteiger partial charge in [0.15, 0.2) is 6.61 Å². The van der Waals surface area contributed by atoms with Crippen LogP contribution in [0, 0.1) is 20.8 Å². The standard InChI is InChI=1S/C23H24N2O3S/c1-15-10-11-19(16(2)12-15)13-25(4)20(26)14-28-23(27)21-17(3)24-22(29-21)18-8-6-5-7-9-18/h5-12H,13-14H2,1-4H3. The zero-order valence-electron chi connectivity index (χ0n) is 17.1. The molecule has 1 heterocycles. The maximum Gasteiger partial charge on any atom is 0.350 e. The average molecular weight is 409 g/mol. The molecule has 0 fully saturated rings. The molecule has 0 unspecified atom stereocenters. The molecule has 3 aromatic rings. The molecule has 3 rings (SSSR count). The summed E-state index contributed by atoms with van der Waals surface area (Å²) in [7, 11) is 1.71. The lowest BCUT2D eigenvalue weighted by Crippen LogP contribution is -2.31. The number of esters is 1. The summed E-state index contributed by atoms with van der Waals surface area (Å²) in [5.41, 5.74) is 4.95. The Balaban J connectivity index is 1.60. The van der Waals surface area contributed by atoms with Crippen LogP contribution in [0.1, 0.15) is 32.1 Å². The molecule has 0 atom stereocenters. The van der Waals surface area contributed by atoms with Gasteiger partial charge in [-0.3, -0.25) is 4.79 Å². The molecule has 0 spiro atoms. The molecule has 0 radical (unpaired) electrons. The first kappa shape index (κ1) is 20.7. The number of hydrogen-bond acceptors (Lipinski definition) is 5. The van der Waals surface area contributed by atoms with Gasteiger partial charge in [-0.2, -0.15) is 0 Å². The summed E-state index contributed by atoms with van der Waals surface area (Å²) >= 11 is 1.28. The van der Waals surface area contributed by atoms with Crippen LogP contribution in [0.4, 0.5) is 0 Å². The quantitative estimate of drug-likeness (QED) is 0.562. The molecule has 1 amide bonds. The van der Waals surface area contributed by atoms with E-state index >= 15 is 0 Å². The van der Waals surface area contributed by atoms with E-state index in [-0.39, 0.29) is 12.5 Å². The van der Waals surface area contributed by atoms with Crippen LogP contribution < -0.4 is 0 Å². The number of carbonyl (C=O) groups excluding carboxylic acids is 2. The monoisotopic (exact) mass is 408 g/mol. The van der Waals surface area contributed by atoms with Gasteiger partial charge in [0.05, 0.1) is 5.69 Å². The van der Waals surface area contributed by atoms with E-state index in [1.54, 1.807) is 18.9 Å². The Kier molecular flexibility index (Phi) is 6.44. The Labute approximate surface area is 175 Å². The highest BCUT2D eigenvalue weighted by Gasteiger charge is 2.20. The van der Waals surface area contributed by atoms with Crippen LogP contribution in [-0.2, 0) is 16.1 Å². The van der Waals surface area contributed by atoms with Crippen LogP contribution in [0.3, 0.4) is 0 Å². The van der Waals surface area contributed by atoms with Crippen LogP contribution >= 0.6 is 11.3 Å². The van der Waals surface area contributed by atoms with Crippen molar-refractivity contribution in [3.63, 3.8) is 0 Å². The van der Waals surface area contributed by atoms with E-state index in [2.05, 4.69) is 11.1 Å². The molecule has 0 N–H and O–H groups in total. The Morgan fingerprint density at radius 1 is 1.07 bits per heavy atom. The van der Waals surface area contributed by atoms with Crippen LogP contribution in [0.25, 0.3) is 10.6 Å². The van der Waals surface area contributed by atoms with Gasteiger partial charge in [0.2, 0.25) is 0 Å². The summed E-state index contributed by atoms with van der Waals surface area (Å²) in [5, 5.41) is 0.758. The summed E-state index contributed by atoms with van der Waals surface area (Å²) in [6.07, 6.45) is 0. The predicted molar refractivity (Wildman–Crippen MR) is 115 cm³/mol. The Morgan fingerprint density at radius 3 is 2.48 bits per heavy atom. The topological polar surface area (TPSA) is 59.5 Å². The number of aromatic nitrogens is 1. The van der Waals surface area contributed by atoms with Gasteiger partial charge in [-0.15, -0.1) is 11.3 Å². The van der Waals surface area contributed by atoms with E-state index in [0.29, 0.717) is 17.1 Å². The lowest BCUT2D eigenvalue weighted by atomic mass is 10.1. The van der Waals surface area contributed by atoms with E-state index < -0.39 is 5.97 Å². The van der Waals surface area contributed by atoms with Gasteiger partial charge in [-0.1, -0.05) is 54.1 Å². The fraction of sp³-hybridized carbons (Fsp3) is 0.261. The first-order valence-corrected chi connectivity index (χ1v) is 10.2. The van der Waals surface area contributed by atoms with Crippen molar-refractivity contribution in [1.29, 1.82) is 0 Å². The zero-order valence-corrected chi connectivity index (χ0v) is 17.9. The fourth-order valence-corrected chi connectivity index (χ4v) is 3.93. The summed E-state index contributed by atoms with van der Waals surface area (Å²) in [6.45, 7) is 6.01. The highest BCUT2D eigenvalue weighted by Crippen LogP contribution is 2.28. The number of carbonyl (C=O) groups is 2. The Morgan fingerprint density at radius 2 is 1.79 bits per heavy atom. The van der Waals surface area contributed by atoms with Gasteiger partial charge < -0.3 is 9.64 Å². The van der Waals surface area contributed by atoms with Gasteiger partial charge in [-0.05, 0) is 31.9 Å². The fourth-order valence-electron chi connectivity index (χ4n) is 2.96. The van der Waals surface area contributed by atoms with Gasteiger partial charge in [0, 0.05) is 19.2 Å².